The molecule has 0 spiro atoms. The Labute approximate surface area is 234 Å². The predicted molar refractivity (Wildman–Crippen MR) is 148 cm³/mol. The van der Waals surface area contributed by atoms with Crippen LogP contribution in [0, 0.1) is 6.92 Å². The molecule has 8 nitrogen and oxygen atoms in total. The fourth-order valence-electron chi connectivity index (χ4n) is 5.42. The van der Waals surface area contributed by atoms with Crippen molar-refractivity contribution >= 4 is 39.4 Å². The van der Waals surface area contributed by atoms with Crippen LogP contribution in [0.4, 0.5) is 0 Å². The number of nitrogens with one attached hydrogen (secondary N) is 1. The van der Waals surface area contributed by atoms with E-state index >= 15 is 0 Å². The number of ketones is 1. The van der Waals surface area contributed by atoms with Gasteiger partial charge in [0.05, 0.1) is 12.6 Å². The maximum absolute atomic E-state index is 13.9. The summed E-state index contributed by atoms with van der Waals surface area (Å²) in [5.74, 6) is -1.11. The van der Waals surface area contributed by atoms with Crippen molar-refractivity contribution in [1.82, 2.24) is 15.1 Å². The Hall–Kier alpha value is -3.98. The molecule has 39 heavy (non-hydrogen) atoms. The van der Waals surface area contributed by atoms with E-state index in [0.717, 1.165) is 15.6 Å². The van der Waals surface area contributed by atoms with Crippen molar-refractivity contribution in [3.63, 3.8) is 0 Å². The smallest absolute Gasteiger partial charge is 0.254 e. The number of benzene rings is 3. The summed E-state index contributed by atoms with van der Waals surface area (Å²) in [6.45, 7) is 2.15. The topological polar surface area (TPSA) is 107 Å². The highest BCUT2D eigenvalue weighted by Crippen LogP contribution is 2.32. The Morgan fingerprint density at radius 1 is 1.00 bits per heavy atom. The minimum absolute atomic E-state index is 0.0566. The molecule has 2 heterocycles. The summed E-state index contributed by atoms with van der Waals surface area (Å²) >= 11 is 3.37. The lowest BCUT2D eigenvalue weighted by Gasteiger charge is -2.28. The number of carbonyl (C=O) groups excluding carboxylic acids is 4. The van der Waals surface area contributed by atoms with Crippen LogP contribution >= 0.6 is 15.9 Å². The van der Waals surface area contributed by atoms with Crippen molar-refractivity contribution in [2.24, 2.45) is 0 Å². The normalized spacial score (nSPS) is 19.1. The summed E-state index contributed by atoms with van der Waals surface area (Å²) in [6, 6.07) is 18.4. The lowest BCUT2D eigenvalue weighted by Crippen LogP contribution is -2.53. The molecule has 2 fully saturated rings. The van der Waals surface area contributed by atoms with Crippen LogP contribution in [-0.4, -0.2) is 69.6 Å². The van der Waals surface area contributed by atoms with Gasteiger partial charge in [0.1, 0.15) is 17.8 Å². The molecule has 5 rings (SSSR count). The molecule has 0 bridgehead atoms. The second-order valence-corrected chi connectivity index (χ2v) is 10.9. The van der Waals surface area contributed by atoms with Crippen LogP contribution in [0.2, 0.25) is 0 Å². The number of carbonyl (C=O) groups is 4. The van der Waals surface area contributed by atoms with Gasteiger partial charge in [-0.1, -0.05) is 51.8 Å². The molecule has 0 radical (unpaired) electrons. The predicted octanol–water partition coefficient (Wildman–Crippen LogP) is 3.50. The van der Waals surface area contributed by atoms with E-state index in [1.165, 1.54) is 17.0 Å². The minimum Gasteiger partial charge on any atom is -0.508 e. The number of amides is 3. The fraction of sp³-hybridized carbons (Fsp3) is 0.267. The third-order valence-electron chi connectivity index (χ3n) is 7.30. The number of Topliss-reactive ketones (excluding diaryl/α,β-unsaturated/α-hetero) is 1. The van der Waals surface area contributed by atoms with Gasteiger partial charge in [-0.15, -0.1) is 0 Å². The number of fused-ring (bicyclic) bond motifs is 1. The van der Waals surface area contributed by atoms with Crippen LogP contribution in [0.1, 0.15) is 38.3 Å². The van der Waals surface area contributed by atoms with E-state index in [2.05, 4.69) is 21.2 Å². The van der Waals surface area contributed by atoms with Gasteiger partial charge in [-0.3, -0.25) is 19.2 Å². The molecule has 2 unspecified atom stereocenters. The maximum atomic E-state index is 13.9. The number of phenols is 1. The van der Waals surface area contributed by atoms with E-state index in [1.54, 1.807) is 53.4 Å². The molecular weight excluding hydrogens is 562 g/mol. The molecule has 3 aromatic carbocycles. The van der Waals surface area contributed by atoms with Crippen molar-refractivity contribution in [2.75, 3.05) is 13.1 Å². The number of phenolic OH excluding ortho intramolecular Hbond substituents is 1. The Morgan fingerprint density at radius 2 is 1.72 bits per heavy atom. The first-order valence-corrected chi connectivity index (χ1v) is 13.6. The summed E-state index contributed by atoms with van der Waals surface area (Å²) in [6.07, 6.45) is 0.651. The van der Waals surface area contributed by atoms with E-state index in [4.69, 9.17) is 0 Å². The van der Waals surface area contributed by atoms with Crippen LogP contribution < -0.4 is 5.32 Å². The first kappa shape index (κ1) is 26.6. The van der Waals surface area contributed by atoms with Gasteiger partial charge in [0.15, 0.2) is 5.78 Å². The summed E-state index contributed by atoms with van der Waals surface area (Å²) in [4.78, 5) is 56.6. The first-order valence-electron chi connectivity index (χ1n) is 12.8. The molecule has 0 aromatic heterocycles. The summed E-state index contributed by atoms with van der Waals surface area (Å²) < 4.78 is 0.730. The molecule has 2 saturated heterocycles. The van der Waals surface area contributed by atoms with Crippen LogP contribution in [0.3, 0.4) is 0 Å². The number of nitrogens with zero attached hydrogens (tertiary/aromatic N) is 2. The zero-order chi connectivity index (χ0) is 27.7. The maximum Gasteiger partial charge on any atom is 0.254 e. The first-order chi connectivity index (χ1) is 18.7. The highest BCUT2D eigenvalue weighted by Gasteiger charge is 2.52. The molecular formula is C30H28BrN3O5. The van der Waals surface area contributed by atoms with Crippen LogP contribution in [-0.2, 0) is 16.0 Å². The van der Waals surface area contributed by atoms with Crippen LogP contribution in [0.5, 0.6) is 5.75 Å². The fourth-order valence-corrected chi connectivity index (χ4v) is 5.82. The molecule has 2 aliphatic heterocycles. The van der Waals surface area contributed by atoms with Gasteiger partial charge in [-0.2, -0.15) is 0 Å². The van der Waals surface area contributed by atoms with Crippen LogP contribution in [0.15, 0.2) is 77.3 Å². The third-order valence-corrected chi connectivity index (χ3v) is 7.79. The molecule has 0 saturated carbocycles. The molecule has 9 heteroatoms. The van der Waals surface area contributed by atoms with E-state index in [0.29, 0.717) is 24.1 Å². The lowest BCUT2D eigenvalue weighted by molar-refractivity contribution is -0.138. The Morgan fingerprint density at radius 3 is 2.44 bits per heavy atom. The second-order valence-electron chi connectivity index (χ2n) is 10.0. The molecule has 3 amide bonds. The van der Waals surface area contributed by atoms with Gasteiger partial charge < -0.3 is 20.2 Å². The number of rotatable bonds is 6. The zero-order valence-electron chi connectivity index (χ0n) is 21.3. The molecule has 200 valence electrons. The zero-order valence-corrected chi connectivity index (χ0v) is 22.9. The van der Waals surface area contributed by atoms with E-state index < -0.39 is 24.0 Å². The number of aromatic hydroxyl groups is 1. The monoisotopic (exact) mass is 589 g/mol. The van der Waals surface area contributed by atoms with Crippen LogP contribution in [0.25, 0.3) is 0 Å². The Bertz CT molecular complexity index is 1440. The van der Waals surface area contributed by atoms with Crippen molar-refractivity contribution in [3.05, 3.63) is 99.5 Å². The second kappa shape index (κ2) is 11.0. The molecule has 2 aliphatic rings. The molecule has 3 aromatic rings. The van der Waals surface area contributed by atoms with Crippen molar-refractivity contribution in [2.45, 2.75) is 37.9 Å². The number of hydrogen-bond donors (Lipinski definition) is 2. The van der Waals surface area contributed by atoms with E-state index in [1.807, 2.05) is 19.1 Å². The average molecular weight is 590 g/mol. The number of hydrogen-bond acceptors (Lipinski definition) is 5. The lowest BCUT2D eigenvalue weighted by atomic mass is 10.0. The van der Waals surface area contributed by atoms with Gasteiger partial charge in [0, 0.05) is 28.6 Å². The van der Waals surface area contributed by atoms with Gasteiger partial charge in [0.25, 0.3) is 11.8 Å². The molecule has 3 atom stereocenters. The Balaban J connectivity index is 1.38. The van der Waals surface area contributed by atoms with Crippen molar-refractivity contribution < 1.29 is 24.3 Å². The third kappa shape index (κ3) is 5.59. The summed E-state index contributed by atoms with van der Waals surface area (Å²) in [5, 5.41) is 12.5. The number of likely N-dealkylation sites (tertiary alicyclic amines) is 2. The molecule has 0 aliphatic carbocycles. The average Bonchev–Trinajstić information content (AvgIpc) is 3.50. The number of aryl methyl sites for hydroxylation is 1. The van der Waals surface area contributed by atoms with Gasteiger partial charge in [-0.05, 0) is 61.4 Å². The van der Waals surface area contributed by atoms with Gasteiger partial charge in [0.2, 0.25) is 5.91 Å². The molecule has 2 N–H and O–H groups in total. The Kier molecular flexibility index (Phi) is 7.52. The van der Waals surface area contributed by atoms with Gasteiger partial charge >= 0.3 is 0 Å². The summed E-state index contributed by atoms with van der Waals surface area (Å²) in [7, 11) is 0. The highest BCUT2D eigenvalue weighted by molar-refractivity contribution is 9.10. The minimum atomic E-state index is -0.950. The van der Waals surface area contributed by atoms with E-state index in [9.17, 15) is 24.3 Å². The number of halogens is 1. The standard InChI is InChI=1S/C30H28BrN3O5/c1-18-4-2-6-21(14-18)29(38)34-17-26(36)27-25(34)12-13-33(27)30(39)24(15-19-8-10-23(35)11-9-19)32-28(37)20-5-3-7-22(31)16-20/h2-11,14,16,24-25,27,35H,12-13,15,17H2,1H3,(H,32,37)/t24-,25?,27?/m0/s1. The van der Waals surface area contributed by atoms with Gasteiger partial charge in [-0.25, -0.2) is 0 Å². The SMILES string of the molecule is Cc1cccc(C(=O)N2CC(=O)C3C2CCN3C(=O)[C@H](Cc2ccc(O)cc2)NC(=O)c2cccc(Br)c2)c1. The summed E-state index contributed by atoms with van der Waals surface area (Å²) in [5.41, 5.74) is 2.59. The van der Waals surface area contributed by atoms with Crippen molar-refractivity contribution in [3.8, 4) is 5.75 Å². The highest BCUT2D eigenvalue weighted by atomic mass is 79.9. The van der Waals surface area contributed by atoms with Crippen molar-refractivity contribution in [1.29, 1.82) is 0 Å². The largest absolute Gasteiger partial charge is 0.508 e. The van der Waals surface area contributed by atoms with E-state index in [-0.39, 0.29) is 36.3 Å². The quantitative estimate of drug-likeness (QED) is 0.457.